The molecular formula is C24H25N3O3. The number of carbonyl (C=O) groups excluding carboxylic acids is 1. The van der Waals surface area contributed by atoms with Gasteiger partial charge in [-0.1, -0.05) is 30.4 Å². The van der Waals surface area contributed by atoms with Gasteiger partial charge in [-0.2, -0.15) is 0 Å². The number of esters is 1. The van der Waals surface area contributed by atoms with Crippen molar-refractivity contribution in [1.29, 1.82) is 0 Å². The Labute approximate surface area is 176 Å². The van der Waals surface area contributed by atoms with Crippen LogP contribution in [0.2, 0.25) is 0 Å². The van der Waals surface area contributed by atoms with Crippen LogP contribution >= 0.6 is 0 Å². The molecular weight excluding hydrogens is 378 g/mol. The van der Waals surface area contributed by atoms with Crippen LogP contribution in [0.3, 0.4) is 0 Å². The number of hydrogen-bond acceptors (Lipinski definition) is 6. The van der Waals surface area contributed by atoms with E-state index < -0.39 is 0 Å². The quantitative estimate of drug-likeness (QED) is 0.395. The van der Waals surface area contributed by atoms with Gasteiger partial charge in [0.15, 0.2) is 11.5 Å². The van der Waals surface area contributed by atoms with E-state index in [4.69, 9.17) is 9.47 Å². The summed E-state index contributed by atoms with van der Waals surface area (Å²) in [4.78, 5) is 22.4. The van der Waals surface area contributed by atoms with Crippen LogP contribution in [-0.4, -0.2) is 34.5 Å². The zero-order chi connectivity index (χ0) is 21.2. The van der Waals surface area contributed by atoms with Gasteiger partial charge < -0.3 is 9.47 Å². The number of methoxy groups -OCH3 is 1. The Hall–Kier alpha value is -3.51. The SMILES string of the molecule is COc1cc(C=CCN(Cc2ccccn2)Cc2ccccn2)ccc1OC(C)=O. The molecule has 0 unspecified atom stereocenters. The second kappa shape index (κ2) is 10.9. The minimum Gasteiger partial charge on any atom is -0.493 e. The first-order valence-corrected chi connectivity index (χ1v) is 9.69. The molecule has 0 aliphatic heterocycles. The van der Waals surface area contributed by atoms with E-state index in [2.05, 4.69) is 20.9 Å². The van der Waals surface area contributed by atoms with E-state index in [1.807, 2.05) is 54.6 Å². The van der Waals surface area contributed by atoms with Crippen LogP contribution in [0.4, 0.5) is 0 Å². The number of ether oxygens (including phenoxy) is 2. The lowest BCUT2D eigenvalue weighted by molar-refractivity contribution is -0.132. The first kappa shape index (κ1) is 21.2. The van der Waals surface area contributed by atoms with Crippen LogP contribution in [0, 0.1) is 0 Å². The Kier molecular flexibility index (Phi) is 7.69. The highest BCUT2D eigenvalue weighted by molar-refractivity contribution is 5.71. The molecule has 0 N–H and O–H groups in total. The maximum Gasteiger partial charge on any atom is 0.308 e. The van der Waals surface area contributed by atoms with E-state index >= 15 is 0 Å². The highest BCUT2D eigenvalue weighted by Gasteiger charge is 2.09. The van der Waals surface area contributed by atoms with Gasteiger partial charge in [0.2, 0.25) is 0 Å². The summed E-state index contributed by atoms with van der Waals surface area (Å²) < 4.78 is 10.5. The molecule has 6 heteroatoms. The highest BCUT2D eigenvalue weighted by Crippen LogP contribution is 2.28. The first-order chi connectivity index (χ1) is 14.6. The van der Waals surface area contributed by atoms with E-state index in [0.29, 0.717) is 11.5 Å². The second-order valence-corrected chi connectivity index (χ2v) is 6.72. The van der Waals surface area contributed by atoms with Crippen molar-refractivity contribution in [2.24, 2.45) is 0 Å². The molecule has 3 rings (SSSR count). The van der Waals surface area contributed by atoms with Gasteiger partial charge in [-0.15, -0.1) is 0 Å². The fourth-order valence-corrected chi connectivity index (χ4v) is 2.99. The van der Waals surface area contributed by atoms with Crippen LogP contribution in [-0.2, 0) is 17.9 Å². The van der Waals surface area contributed by atoms with Crippen molar-refractivity contribution in [2.45, 2.75) is 20.0 Å². The molecule has 0 bridgehead atoms. The van der Waals surface area contributed by atoms with E-state index in [9.17, 15) is 4.79 Å². The average Bonchev–Trinajstić information content (AvgIpc) is 2.75. The summed E-state index contributed by atoms with van der Waals surface area (Å²) in [5.74, 6) is 0.552. The summed E-state index contributed by atoms with van der Waals surface area (Å²) in [7, 11) is 1.55. The van der Waals surface area contributed by atoms with Gasteiger partial charge in [-0.05, 0) is 42.0 Å². The molecule has 0 atom stereocenters. The second-order valence-electron chi connectivity index (χ2n) is 6.72. The molecule has 0 saturated heterocycles. The minimum atomic E-state index is -0.378. The van der Waals surface area contributed by atoms with Crippen molar-refractivity contribution >= 4 is 12.0 Å². The maximum absolute atomic E-state index is 11.2. The number of benzene rings is 1. The predicted molar refractivity (Wildman–Crippen MR) is 116 cm³/mol. The third kappa shape index (κ3) is 6.53. The normalized spacial score (nSPS) is 11.0. The lowest BCUT2D eigenvalue weighted by Gasteiger charge is -2.20. The number of rotatable bonds is 9. The van der Waals surface area contributed by atoms with Crippen LogP contribution in [0.1, 0.15) is 23.9 Å². The molecule has 2 aromatic heterocycles. The first-order valence-electron chi connectivity index (χ1n) is 9.69. The van der Waals surface area contributed by atoms with Crippen molar-refractivity contribution in [3.8, 4) is 11.5 Å². The Morgan fingerprint density at radius 1 is 0.967 bits per heavy atom. The molecule has 0 aliphatic carbocycles. The molecule has 154 valence electrons. The molecule has 2 heterocycles. The molecule has 0 amide bonds. The number of hydrogen-bond donors (Lipinski definition) is 0. The number of carbonyl (C=O) groups is 1. The Morgan fingerprint density at radius 3 is 2.17 bits per heavy atom. The summed E-state index contributed by atoms with van der Waals surface area (Å²) in [6.45, 7) is 3.53. The van der Waals surface area contributed by atoms with Gasteiger partial charge in [0, 0.05) is 39.0 Å². The van der Waals surface area contributed by atoms with Gasteiger partial charge >= 0.3 is 5.97 Å². The molecule has 0 spiro atoms. The molecule has 0 fully saturated rings. The Morgan fingerprint density at radius 2 is 1.63 bits per heavy atom. The van der Waals surface area contributed by atoms with Crippen LogP contribution in [0.15, 0.2) is 73.1 Å². The largest absolute Gasteiger partial charge is 0.493 e. The van der Waals surface area contributed by atoms with Gasteiger partial charge in [0.05, 0.1) is 18.5 Å². The van der Waals surface area contributed by atoms with E-state index in [1.54, 1.807) is 25.6 Å². The van der Waals surface area contributed by atoms with Crippen molar-refractivity contribution in [1.82, 2.24) is 14.9 Å². The lowest BCUT2D eigenvalue weighted by Crippen LogP contribution is -2.24. The summed E-state index contributed by atoms with van der Waals surface area (Å²) in [5.41, 5.74) is 2.97. The Balaban J connectivity index is 1.71. The summed E-state index contributed by atoms with van der Waals surface area (Å²) in [5, 5.41) is 0. The van der Waals surface area contributed by atoms with Gasteiger partial charge in [0.25, 0.3) is 0 Å². The zero-order valence-corrected chi connectivity index (χ0v) is 17.2. The number of nitrogens with zero attached hydrogens (tertiary/aromatic N) is 3. The van der Waals surface area contributed by atoms with Crippen molar-refractivity contribution in [3.05, 3.63) is 90.0 Å². The number of aromatic nitrogens is 2. The lowest BCUT2D eigenvalue weighted by atomic mass is 10.2. The van der Waals surface area contributed by atoms with Gasteiger partial charge in [-0.3, -0.25) is 19.7 Å². The molecule has 30 heavy (non-hydrogen) atoms. The van der Waals surface area contributed by atoms with Gasteiger partial charge in [0.1, 0.15) is 0 Å². The monoisotopic (exact) mass is 403 g/mol. The Bertz CT molecular complexity index is 934. The number of pyridine rings is 2. The fourth-order valence-electron chi connectivity index (χ4n) is 2.99. The molecule has 6 nitrogen and oxygen atoms in total. The highest BCUT2D eigenvalue weighted by atomic mass is 16.6. The molecule has 1 aromatic carbocycles. The molecule has 0 saturated carbocycles. The zero-order valence-electron chi connectivity index (χ0n) is 17.2. The fraction of sp³-hybridized carbons (Fsp3) is 0.208. The van der Waals surface area contributed by atoms with Gasteiger partial charge in [-0.25, -0.2) is 0 Å². The van der Waals surface area contributed by atoms with Crippen molar-refractivity contribution in [3.63, 3.8) is 0 Å². The van der Waals surface area contributed by atoms with E-state index in [1.165, 1.54) is 6.92 Å². The third-order valence-corrected chi connectivity index (χ3v) is 4.34. The van der Waals surface area contributed by atoms with Crippen molar-refractivity contribution in [2.75, 3.05) is 13.7 Å². The summed E-state index contributed by atoms with van der Waals surface area (Å²) in [6.07, 6.45) is 7.72. The van der Waals surface area contributed by atoms with E-state index in [0.717, 1.165) is 36.6 Å². The predicted octanol–water partition coefficient (Wildman–Crippen LogP) is 4.13. The van der Waals surface area contributed by atoms with Crippen LogP contribution in [0.5, 0.6) is 11.5 Å². The standard InChI is InChI=1S/C24H25N3O3/c1-19(28)30-23-12-11-20(16-24(23)29-2)8-7-15-27(17-21-9-3-5-13-25-21)18-22-10-4-6-14-26-22/h3-14,16H,15,17-18H2,1-2H3. The molecule has 0 radical (unpaired) electrons. The maximum atomic E-state index is 11.2. The average molecular weight is 403 g/mol. The van der Waals surface area contributed by atoms with Crippen molar-refractivity contribution < 1.29 is 14.3 Å². The summed E-state index contributed by atoms with van der Waals surface area (Å²) >= 11 is 0. The van der Waals surface area contributed by atoms with Crippen LogP contribution < -0.4 is 9.47 Å². The summed E-state index contributed by atoms with van der Waals surface area (Å²) in [6, 6.07) is 17.3. The topological polar surface area (TPSA) is 64.6 Å². The van der Waals surface area contributed by atoms with Crippen LogP contribution in [0.25, 0.3) is 6.08 Å². The molecule has 3 aromatic rings. The minimum absolute atomic E-state index is 0.378. The third-order valence-electron chi connectivity index (χ3n) is 4.34. The van der Waals surface area contributed by atoms with E-state index in [-0.39, 0.29) is 5.97 Å². The molecule has 0 aliphatic rings. The smallest absolute Gasteiger partial charge is 0.308 e.